The number of benzene rings is 1. The zero-order valence-corrected chi connectivity index (χ0v) is 13.2. The van der Waals surface area contributed by atoms with Gasteiger partial charge in [0.25, 0.3) is 0 Å². The monoisotopic (exact) mass is 319 g/mol. The van der Waals surface area contributed by atoms with Gasteiger partial charge in [0.2, 0.25) is 5.91 Å². The van der Waals surface area contributed by atoms with E-state index in [2.05, 4.69) is 5.32 Å². The lowest BCUT2D eigenvalue weighted by atomic mass is 10.2. The molecule has 0 aliphatic carbocycles. The summed E-state index contributed by atoms with van der Waals surface area (Å²) < 4.78 is 10.2. The molecule has 2 heterocycles. The van der Waals surface area contributed by atoms with Crippen molar-refractivity contribution in [3.63, 3.8) is 0 Å². The van der Waals surface area contributed by atoms with E-state index in [1.165, 1.54) is 0 Å². The fourth-order valence-electron chi connectivity index (χ4n) is 2.76. The molecule has 1 atom stereocenters. The van der Waals surface area contributed by atoms with Crippen molar-refractivity contribution in [2.75, 3.05) is 49.7 Å². The maximum atomic E-state index is 12.4. The number of cyclic esters (lactones) is 1. The number of hydrogen-bond acceptors (Lipinski definition) is 5. The summed E-state index contributed by atoms with van der Waals surface area (Å²) in [5.41, 5.74) is 1.57. The first-order chi connectivity index (χ1) is 11.1. The molecule has 124 valence electrons. The fraction of sp³-hybridized carbons (Fsp3) is 0.500. The van der Waals surface area contributed by atoms with Gasteiger partial charge < -0.3 is 19.7 Å². The van der Waals surface area contributed by atoms with Crippen LogP contribution in [0.3, 0.4) is 0 Å². The average Bonchev–Trinajstić information content (AvgIpc) is 3.01. The highest BCUT2D eigenvalue weighted by Crippen LogP contribution is 2.23. The Kier molecular flexibility index (Phi) is 4.66. The number of morpholine rings is 1. The smallest absolute Gasteiger partial charge is 0.414 e. The molecule has 7 nitrogen and oxygen atoms in total. The van der Waals surface area contributed by atoms with Gasteiger partial charge in [0.15, 0.2) is 0 Å². The van der Waals surface area contributed by atoms with Gasteiger partial charge in [-0.1, -0.05) is 6.07 Å². The number of nitrogens with one attached hydrogen (secondary N) is 1. The third-order valence-electron chi connectivity index (χ3n) is 4.00. The SMILES string of the molecule is C[C@H](Nc1cccc(N2CCOC2=O)c1)C(=O)N1CCOCC1. The van der Waals surface area contributed by atoms with Crippen molar-refractivity contribution < 1.29 is 19.1 Å². The Morgan fingerprint density at radius 3 is 2.70 bits per heavy atom. The molecule has 2 saturated heterocycles. The molecule has 7 heteroatoms. The first-order valence-electron chi connectivity index (χ1n) is 7.82. The molecule has 2 aliphatic rings. The lowest BCUT2D eigenvalue weighted by Gasteiger charge is -2.29. The molecule has 0 aromatic heterocycles. The number of hydrogen-bond donors (Lipinski definition) is 1. The van der Waals surface area contributed by atoms with Crippen LogP contribution in [0.25, 0.3) is 0 Å². The molecule has 2 aliphatic heterocycles. The Balaban J connectivity index is 1.65. The molecule has 3 rings (SSSR count). The third kappa shape index (κ3) is 3.56. The maximum absolute atomic E-state index is 12.4. The van der Waals surface area contributed by atoms with E-state index in [4.69, 9.17) is 9.47 Å². The molecule has 1 aromatic rings. The van der Waals surface area contributed by atoms with Gasteiger partial charge in [-0.15, -0.1) is 0 Å². The minimum atomic E-state index is -0.339. The van der Waals surface area contributed by atoms with Crippen molar-refractivity contribution in [3.05, 3.63) is 24.3 Å². The molecule has 1 aromatic carbocycles. The van der Waals surface area contributed by atoms with Crippen molar-refractivity contribution in [2.24, 2.45) is 0 Å². The van der Waals surface area contributed by atoms with Crippen molar-refractivity contribution >= 4 is 23.4 Å². The molecule has 0 bridgehead atoms. The molecule has 0 spiro atoms. The summed E-state index contributed by atoms with van der Waals surface area (Å²) >= 11 is 0. The summed E-state index contributed by atoms with van der Waals surface area (Å²) in [6.07, 6.45) is -0.334. The zero-order chi connectivity index (χ0) is 16.2. The van der Waals surface area contributed by atoms with Gasteiger partial charge in [-0.2, -0.15) is 0 Å². The normalized spacial score (nSPS) is 19.4. The van der Waals surface area contributed by atoms with Crippen LogP contribution in [0.15, 0.2) is 24.3 Å². The summed E-state index contributed by atoms with van der Waals surface area (Å²) in [7, 11) is 0. The number of nitrogens with zero attached hydrogens (tertiary/aromatic N) is 2. The number of anilines is 2. The van der Waals surface area contributed by atoms with Crippen LogP contribution in [0.2, 0.25) is 0 Å². The van der Waals surface area contributed by atoms with Crippen LogP contribution in [0, 0.1) is 0 Å². The summed E-state index contributed by atoms with van der Waals surface area (Å²) in [5.74, 6) is 0.0549. The first-order valence-corrected chi connectivity index (χ1v) is 7.82. The second-order valence-electron chi connectivity index (χ2n) is 5.62. The Hall–Kier alpha value is -2.28. The Labute approximate surface area is 135 Å². The molecule has 0 radical (unpaired) electrons. The van der Waals surface area contributed by atoms with Crippen molar-refractivity contribution in [3.8, 4) is 0 Å². The molecule has 0 saturated carbocycles. The number of carbonyl (C=O) groups excluding carboxylic acids is 2. The van der Waals surface area contributed by atoms with Crippen LogP contribution in [0.5, 0.6) is 0 Å². The topological polar surface area (TPSA) is 71.1 Å². The van der Waals surface area contributed by atoms with E-state index in [1.54, 1.807) is 4.90 Å². The van der Waals surface area contributed by atoms with E-state index in [1.807, 2.05) is 36.1 Å². The predicted octanol–water partition coefficient (Wildman–Crippen LogP) is 1.30. The molecule has 2 amide bonds. The lowest BCUT2D eigenvalue weighted by molar-refractivity contribution is -0.135. The molecular weight excluding hydrogens is 298 g/mol. The van der Waals surface area contributed by atoms with E-state index < -0.39 is 0 Å². The van der Waals surface area contributed by atoms with Crippen LogP contribution >= 0.6 is 0 Å². The van der Waals surface area contributed by atoms with E-state index >= 15 is 0 Å². The quantitative estimate of drug-likeness (QED) is 0.906. The number of ether oxygens (including phenoxy) is 2. The summed E-state index contributed by atoms with van der Waals surface area (Å²) in [6.45, 7) is 5.23. The highest BCUT2D eigenvalue weighted by Gasteiger charge is 2.25. The predicted molar refractivity (Wildman–Crippen MR) is 85.6 cm³/mol. The van der Waals surface area contributed by atoms with Crippen molar-refractivity contribution in [2.45, 2.75) is 13.0 Å². The van der Waals surface area contributed by atoms with Crippen molar-refractivity contribution in [1.82, 2.24) is 4.90 Å². The van der Waals surface area contributed by atoms with Crippen molar-refractivity contribution in [1.29, 1.82) is 0 Å². The van der Waals surface area contributed by atoms with Crippen LogP contribution in [0.4, 0.5) is 16.2 Å². The largest absolute Gasteiger partial charge is 0.447 e. The van der Waals surface area contributed by atoms with Crippen LogP contribution in [-0.4, -0.2) is 62.4 Å². The van der Waals surface area contributed by atoms with E-state index in [0.29, 0.717) is 39.5 Å². The minimum absolute atomic E-state index is 0.0549. The Morgan fingerprint density at radius 2 is 2.00 bits per heavy atom. The highest BCUT2D eigenvalue weighted by molar-refractivity contribution is 5.90. The molecule has 2 fully saturated rings. The minimum Gasteiger partial charge on any atom is -0.447 e. The Morgan fingerprint density at radius 1 is 1.22 bits per heavy atom. The maximum Gasteiger partial charge on any atom is 0.414 e. The van der Waals surface area contributed by atoms with E-state index in [-0.39, 0.29) is 18.0 Å². The number of carbonyl (C=O) groups is 2. The summed E-state index contributed by atoms with van der Waals surface area (Å²) in [6, 6.07) is 7.11. The van der Waals surface area contributed by atoms with Gasteiger partial charge in [0.1, 0.15) is 12.6 Å². The Bertz CT molecular complexity index is 586. The number of rotatable bonds is 4. The molecule has 1 N–H and O–H groups in total. The lowest BCUT2D eigenvalue weighted by Crippen LogP contribution is -2.47. The van der Waals surface area contributed by atoms with Gasteiger partial charge >= 0.3 is 6.09 Å². The van der Waals surface area contributed by atoms with Gasteiger partial charge in [-0.25, -0.2) is 4.79 Å². The molecule has 0 unspecified atom stereocenters. The number of amides is 2. The van der Waals surface area contributed by atoms with Gasteiger partial charge in [0.05, 0.1) is 19.8 Å². The van der Waals surface area contributed by atoms with Gasteiger partial charge in [-0.05, 0) is 25.1 Å². The second kappa shape index (κ2) is 6.87. The van der Waals surface area contributed by atoms with E-state index in [9.17, 15) is 9.59 Å². The zero-order valence-electron chi connectivity index (χ0n) is 13.2. The summed E-state index contributed by atoms with van der Waals surface area (Å²) in [5, 5.41) is 3.21. The first kappa shape index (κ1) is 15.6. The molecule has 23 heavy (non-hydrogen) atoms. The van der Waals surface area contributed by atoms with Gasteiger partial charge in [-0.3, -0.25) is 9.69 Å². The van der Waals surface area contributed by atoms with Crippen LogP contribution in [-0.2, 0) is 14.3 Å². The highest BCUT2D eigenvalue weighted by atomic mass is 16.6. The van der Waals surface area contributed by atoms with E-state index in [0.717, 1.165) is 11.4 Å². The fourth-order valence-corrected chi connectivity index (χ4v) is 2.76. The van der Waals surface area contributed by atoms with Crippen LogP contribution < -0.4 is 10.2 Å². The second-order valence-corrected chi connectivity index (χ2v) is 5.62. The summed E-state index contributed by atoms with van der Waals surface area (Å²) in [4.78, 5) is 27.4. The standard InChI is InChI=1S/C16H21N3O4/c1-12(15(20)18-5-8-22-9-6-18)17-13-3-2-4-14(11-13)19-7-10-23-16(19)21/h2-4,11-12,17H,5-10H2,1H3/t12-/m0/s1. The third-order valence-corrected chi connectivity index (χ3v) is 4.00. The average molecular weight is 319 g/mol. The van der Waals surface area contributed by atoms with Gasteiger partial charge in [0, 0.05) is 24.5 Å². The molecular formula is C16H21N3O4. The van der Waals surface area contributed by atoms with Crippen LogP contribution in [0.1, 0.15) is 6.92 Å².